The molecule has 0 bridgehead atoms. The Morgan fingerprint density at radius 3 is 2.57 bits per heavy atom. The van der Waals surface area contributed by atoms with Gasteiger partial charge in [0.05, 0.1) is 30.0 Å². The van der Waals surface area contributed by atoms with Gasteiger partial charge in [0.25, 0.3) is 0 Å². The molecule has 1 amide bonds. The number of nitrogens with zero attached hydrogens (tertiary/aromatic N) is 3. The van der Waals surface area contributed by atoms with Crippen LogP contribution in [0.25, 0.3) is 0 Å². The molecule has 3 rings (SSSR count). The van der Waals surface area contributed by atoms with Gasteiger partial charge in [-0.1, -0.05) is 42.5 Å². The van der Waals surface area contributed by atoms with E-state index in [9.17, 15) is 14.8 Å². The molecule has 3 aromatic rings. The number of carbonyl (C=O) groups is 1. The molecule has 1 atom stereocenters. The Morgan fingerprint density at radius 2 is 1.93 bits per heavy atom. The van der Waals surface area contributed by atoms with Crippen LogP contribution in [-0.4, -0.2) is 34.1 Å². The molecule has 1 heterocycles. The molecule has 30 heavy (non-hydrogen) atoms. The lowest BCUT2D eigenvalue weighted by molar-refractivity contribution is -0.115. The van der Waals surface area contributed by atoms with Crippen LogP contribution in [0.15, 0.2) is 65.3 Å². The first kappa shape index (κ1) is 21.4. The van der Waals surface area contributed by atoms with Crippen LogP contribution in [0.4, 0.5) is 10.8 Å². The lowest BCUT2D eigenvalue weighted by atomic mass is 10.1. The molecule has 0 aliphatic rings. The Morgan fingerprint density at radius 1 is 1.20 bits per heavy atom. The lowest BCUT2D eigenvalue weighted by Gasteiger charge is -2.19. The van der Waals surface area contributed by atoms with E-state index in [0.29, 0.717) is 29.5 Å². The largest absolute Gasteiger partial charge is 0.386 e. The first-order chi connectivity index (χ1) is 14.5. The van der Waals surface area contributed by atoms with E-state index in [1.165, 1.54) is 16.3 Å². The predicted octanol–water partition coefficient (Wildman–Crippen LogP) is 3.17. The Balaban J connectivity index is 1.47. The summed E-state index contributed by atoms with van der Waals surface area (Å²) < 4.78 is 0. The summed E-state index contributed by atoms with van der Waals surface area (Å²) in [5, 5.41) is 19.6. The van der Waals surface area contributed by atoms with Gasteiger partial charge in [0, 0.05) is 17.6 Å². The van der Waals surface area contributed by atoms with Crippen molar-refractivity contribution in [3.05, 3.63) is 81.7 Å². The standard InChI is InChI=1S/C21H23N5O3S/c22-21-24-18(14-30-21)12-20(28)23-17-8-6-15(7-9-17)10-11-26(25-29)13-19(27)16-4-2-1-3-5-16/h1-9,14,19,27H,10-13H2,(H2,22,24)(H,23,28)/t19-/m0/s1. The number of anilines is 2. The van der Waals surface area contributed by atoms with E-state index in [0.717, 1.165) is 11.1 Å². The average Bonchev–Trinajstić information content (AvgIpc) is 3.16. The minimum absolute atomic E-state index is 0.128. The van der Waals surface area contributed by atoms with Crippen molar-refractivity contribution in [2.75, 3.05) is 24.1 Å². The van der Waals surface area contributed by atoms with Gasteiger partial charge in [-0.15, -0.1) is 16.2 Å². The van der Waals surface area contributed by atoms with Crippen LogP contribution in [0.2, 0.25) is 0 Å². The number of hydrogen-bond acceptors (Lipinski definition) is 7. The van der Waals surface area contributed by atoms with Crippen molar-refractivity contribution in [1.82, 2.24) is 9.99 Å². The maximum absolute atomic E-state index is 12.1. The van der Waals surface area contributed by atoms with E-state index in [1.54, 1.807) is 17.5 Å². The second-order valence-electron chi connectivity index (χ2n) is 6.77. The number of nitrogen functional groups attached to an aromatic ring is 1. The number of hydrogen-bond donors (Lipinski definition) is 3. The maximum atomic E-state index is 12.1. The molecule has 0 unspecified atom stereocenters. The molecule has 0 aliphatic carbocycles. The molecule has 0 saturated carbocycles. The van der Waals surface area contributed by atoms with Gasteiger partial charge >= 0.3 is 0 Å². The molecule has 0 saturated heterocycles. The third-order valence-electron chi connectivity index (χ3n) is 4.49. The molecule has 9 heteroatoms. The Kier molecular flexibility index (Phi) is 7.47. The van der Waals surface area contributed by atoms with Crippen LogP contribution >= 0.6 is 11.3 Å². The number of nitrogens with one attached hydrogen (secondary N) is 1. The predicted molar refractivity (Wildman–Crippen MR) is 118 cm³/mol. The Bertz CT molecular complexity index is 962. The molecular formula is C21H23N5O3S. The van der Waals surface area contributed by atoms with Gasteiger partial charge in [-0.2, -0.15) is 0 Å². The Hall–Kier alpha value is -3.30. The van der Waals surface area contributed by atoms with E-state index in [2.05, 4.69) is 15.6 Å². The smallest absolute Gasteiger partial charge is 0.230 e. The first-order valence-corrected chi connectivity index (χ1v) is 10.3. The zero-order chi connectivity index (χ0) is 21.3. The minimum atomic E-state index is -0.783. The third kappa shape index (κ3) is 6.36. The normalized spacial score (nSPS) is 11.6. The van der Waals surface area contributed by atoms with Gasteiger partial charge in [0.15, 0.2) is 5.13 Å². The number of aliphatic hydroxyl groups excluding tert-OH is 1. The van der Waals surface area contributed by atoms with Crippen LogP contribution in [0.1, 0.15) is 22.9 Å². The SMILES string of the molecule is Nc1nc(CC(=O)Nc2ccc(CCN(C[C@H](O)c3ccccc3)N=O)cc2)cs1. The van der Waals surface area contributed by atoms with Crippen LogP contribution in [0.3, 0.4) is 0 Å². The number of benzene rings is 2. The maximum Gasteiger partial charge on any atom is 0.230 e. The number of thiazole rings is 1. The third-order valence-corrected chi connectivity index (χ3v) is 5.21. The minimum Gasteiger partial charge on any atom is -0.386 e. The molecule has 156 valence electrons. The number of amides is 1. The summed E-state index contributed by atoms with van der Waals surface area (Å²) in [6.45, 7) is 0.507. The quantitative estimate of drug-likeness (QED) is 0.339. The summed E-state index contributed by atoms with van der Waals surface area (Å²) in [4.78, 5) is 27.3. The fourth-order valence-corrected chi connectivity index (χ4v) is 3.49. The highest BCUT2D eigenvalue weighted by Gasteiger charge is 2.13. The topological polar surface area (TPSA) is 121 Å². The highest BCUT2D eigenvalue weighted by molar-refractivity contribution is 7.13. The summed E-state index contributed by atoms with van der Waals surface area (Å²) in [7, 11) is 0. The molecule has 0 fully saturated rings. The van der Waals surface area contributed by atoms with Gasteiger partial charge in [-0.05, 0) is 29.7 Å². The highest BCUT2D eigenvalue weighted by Crippen LogP contribution is 2.16. The molecule has 2 aromatic carbocycles. The first-order valence-electron chi connectivity index (χ1n) is 9.43. The van der Waals surface area contributed by atoms with Gasteiger partial charge in [0.2, 0.25) is 5.91 Å². The summed E-state index contributed by atoms with van der Waals surface area (Å²) in [6, 6.07) is 16.5. The van der Waals surface area contributed by atoms with E-state index in [-0.39, 0.29) is 18.9 Å². The molecule has 0 spiro atoms. The van der Waals surface area contributed by atoms with Gasteiger partial charge in [-0.25, -0.2) is 4.98 Å². The summed E-state index contributed by atoms with van der Waals surface area (Å²) in [6.07, 6.45) is -0.0341. The summed E-state index contributed by atoms with van der Waals surface area (Å²) >= 11 is 1.30. The zero-order valence-electron chi connectivity index (χ0n) is 16.3. The van der Waals surface area contributed by atoms with Crippen molar-refractivity contribution >= 4 is 28.1 Å². The van der Waals surface area contributed by atoms with Gasteiger partial charge < -0.3 is 16.2 Å². The fourth-order valence-electron chi connectivity index (χ4n) is 2.93. The molecule has 1 aromatic heterocycles. The van der Waals surface area contributed by atoms with E-state index >= 15 is 0 Å². The number of rotatable bonds is 10. The average molecular weight is 426 g/mol. The second-order valence-corrected chi connectivity index (χ2v) is 7.66. The lowest BCUT2D eigenvalue weighted by Crippen LogP contribution is -2.25. The number of carbonyl (C=O) groups excluding carboxylic acids is 1. The van der Waals surface area contributed by atoms with Crippen LogP contribution in [0.5, 0.6) is 0 Å². The number of nitrogens with two attached hydrogens (primary N) is 1. The molecule has 4 N–H and O–H groups in total. The van der Waals surface area contributed by atoms with Crippen molar-refractivity contribution < 1.29 is 9.90 Å². The van der Waals surface area contributed by atoms with Crippen molar-refractivity contribution in [1.29, 1.82) is 0 Å². The van der Waals surface area contributed by atoms with Crippen molar-refractivity contribution in [3.63, 3.8) is 0 Å². The fraction of sp³-hybridized carbons (Fsp3) is 0.238. The monoisotopic (exact) mass is 425 g/mol. The highest BCUT2D eigenvalue weighted by atomic mass is 32.1. The molecule has 0 radical (unpaired) electrons. The molecule has 8 nitrogen and oxygen atoms in total. The van der Waals surface area contributed by atoms with Crippen LogP contribution < -0.4 is 11.1 Å². The molecule has 0 aliphatic heterocycles. The number of nitroso groups, excluding NO2 is 1. The summed E-state index contributed by atoms with van der Waals surface area (Å²) in [5.74, 6) is -0.167. The number of aliphatic hydroxyl groups is 1. The van der Waals surface area contributed by atoms with Gasteiger partial charge in [-0.3, -0.25) is 9.80 Å². The van der Waals surface area contributed by atoms with E-state index < -0.39 is 6.10 Å². The number of aromatic nitrogens is 1. The Labute approximate surface area is 178 Å². The van der Waals surface area contributed by atoms with Crippen LogP contribution in [-0.2, 0) is 17.6 Å². The summed E-state index contributed by atoms with van der Waals surface area (Å²) in [5.41, 5.74) is 8.62. The van der Waals surface area contributed by atoms with Crippen molar-refractivity contribution in [2.24, 2.45) is 5.29 Å². The van der Waals surface area contributed by atoms with Crippen molar-refractivity contribution in [2.45, 2.75) is 18.9 Å². The van der Waals surface area contributed by atoms with Crippen molar-refractivity contribution in [3.8, 4) is 0 Å². The van der Waals surface area contributed by atoms with E-state index in [4.69, 9.17) is 5.73 Å². The van der Waals surface area contributed by atoms with Crippen LogP contribution in [0, 0.1) is 4.91 Å². The van der Waals surface area contributed by atoms with E-state index in [1.807, 2.05) is 42.5 Å². The zero-order valence-corrected chi connectivity index (χ0v) is 17.1. The molecular weight excluding hydrogens is 402 g/mol. The second kappa shape index (κ2) is 10.5. The van der Waals surface area contributed by atoms with Gasteiger partial charge in [0.1, 0.15) is 0 Å².